The zero-order valence-corrected chi connectivity index (χ0v) is 8.10. The van der Waals surface area contributed by atoms with Crippen LogP contribution < -0.4 is 5.73 Å². The van der Waals surface area contributed by atoms with E-state index in [4.69, 9.17) is 10.5 Å². The fourth-order valence-corrected chi connectivity index (χ4v) is 1.14. The summed E-state index contributed by atoms with van der Waals surface area (Å²) in [6, 6.07) is 0. The molecular formula is C7H13N3OS. The number of rotatable bonds is 4. The molecule has 1 rings (SSSR count). The number of ether oxygens (including phenoxy) is 1. The molecule has 1 heterocycles. The summed E-state index contributed by atoms with van der Waals surface area (Å²) in [7, 11) is 0. The molecule has 2 N–H and O–H groups in total. The van der Waals surface area contributed by atoms with Crippen LogP contribution in [0.5, 0.6) is 0 Å². The summed E-state index contributed by atoms with van der Waals surface area (Å²) < 4.78 is 9.05. The number of hydrogen-bond acceptors (Lipinski definition) is 5. The van der Waals surface area contributed by atoms with E-state index in [0.29, 0.717) is 17.5 Å². The van der Waals surface area contributed by atoms with Gasteiger partial charge in [-0.25, -0.2) is 0 Å². The van der Waals surface area contributed by atoms with Crippen LogP contribution in [0.3, 0.4) is 0 Å². The molecule has 0 saturated carbocycles. The Labute approximate surface area is 75.9 Å². The van der Waals surface area contributed by atoms with Crippen molar-refractivity contribution >= 4 is 16.5 Å². The lowest BCUT2D eigenvalue weighted by Gasteiger charge is -2.04. The largest absolute Gasteiger partial charge is 0.388 e. The minimum absolute atomic E-state index is 0.473. The lowest BCUT2D eigenvalue weighted by Crippen LogP contribution is -2.03. The Hall–Kier alpha value is -0.680. The van der Waals surface area contributed by atoms with Crippen LogP contribution in [0.4, 0.5) is 5.00 Å². The maximum atomic E-state index is 5.57. The van der Waals surface area contributed by atoms with E-state index in [0.717, 1.165) is 12.3 Å². The number of nitrogen functional groups attached to an aromatic ring is 1. The highest BCUT2D eigenvalue weighted by Crippen LogP contribution is 2.13. The van der Waals surface area contributed by atoms with Crippen LogP contribution in [0.25, 0.3) is 0 Å². The standard InChI is InChI=1S/C7H13N3OS/c1-5(2)3-11-4-6-7(8)12-10-9-6/h5H,3-4,8H2,1-2H3. The molecule has 0 amide bonds. The minimum Gasteiger partial charge on any atom is -0.388 e. The lowest BCUT2D eigenvalue weighted by molar-refractivity contribution is 0.0951. The van der Waals surface area contributed by atoms with Gasteiger partial charge in [-0.15, -0.1) is 5.10 Å². The topological polar surface area (TPSA) is 61.0 Å². The molecule has 0 radical (unpaired) electrons. The van der Waals surface area contributed by atoms with E-state index >= 15 is 0 Å². The first-order valence-electron chi connectivity index (χ1n) is 3.84. The van der Waals surface area contributed by atoms with Gasteiger partial charge in [0.1, 0.15) is 10.7 Å². The van der Waals surface area contributed by atoms with Gasteiger partial charge in [-0.05, 0) is 5.92 Å². The molecule has 0 aliphatic heterocycles. The molecule has 68 valence electrons. The van der Waals surface area contributed by atoms with Gasteiger partial charge in [0.2, 0.25) is 0 Å². The minimum atomic E-state index is 0.473. The highest BCUT2D eigenvalue weighted by atomic mass is 32.1. The van der Waals surface area contributed by atoms with Crippen molar-refractivity contribution in [1.29, 1.82) is 0 Å². The smallest absolute Gasteiger partial charge is 0.133 e. The van der Waals surface area contributed by atoms with Crippen LogP contribution in [0.2, 0.25) is 0 Å². The first kappa shape index (κ1) is 9.41. The van der Waals surface area contributed by atoms with Crippen LogP contribution in [0.15, 0.2) is 0 Å². The van der Waals surface area contributed by atoms with Crippen molar-refractivity contribution in [2.24, 2.45) is 5.92 Å². The maximum Gasteiger partial charge on any atom is 0.133 e. The van der Waals surface area contributed by atoms with E-state index in [2.05, 4.69) is 23.4 Å². The summed E-state index contributed by atoms with van der Waals surface area (Å²) in [5.74, 6) is 0.540. The van der Waals surface area contributed by atoms with Crippen molar-refractivity contribution in [3.8, 4) is 0 Å². The second-order valence-electron chi connectivity index (χ2n) is 2.99. The Morgan fingerprint density at radius 1 is 1.58 bits per heavy atom. The molecule has 0 unspecified atom stereocenters. The average Bonchev–Trinajstić information content (AvgIpc) is 2.36. The molecule has 0 aromatic carbocycles. The van der Waals surface area contributed by atoms with Crippen molar-refractivity contribution in [2.45, 2.75) is 20.5 Å². The van der Waals surface area contributed by atoms with E-state index in [9.17, 15) is 0 Å². The van der Waals surface area contributed by atoms with Gasteiger partial charge in [-0.3, -0.25) is 0 Å². The number of aromatic nitrogens is 2. The lowest BCUT2D eigenvalue weighted by atomic mass is 10.2. The molecule has 1 aromatic heterocycles. The van der Waals surface area contributed by atoms with Crippen LogP contribution in [-0.2, 0) is 11.3 Å². The zero-order valence-electron chi connectivity index (χ0n) is 7.28. The van der Waals surface area contributed by atoms with Gasteiger partial charge in [0.15, 0.2) is 0 Å². The fourth-order valence-electron chi connectivity index (χ4n) is 0.707. The van der Waals surface area contributed by atoms with Gasteiger partial charge in [0.05, 0.1) is 6.61 Å². The van der Waals surface area contributed by atoms with Gasteiger partial charge < -0.3 is 10.5 Å². The molecule has 1 aromatic rings. The second kappa shape index (κ2) is 4.37. The third-order valence-corrected chi connectivity index (χ3v) is 1.87. The van der Waals surface area contributed by atoms with E-state index < -0.39 is 0 Å². The highest BCUT2D eigenvalue weighted by Gasteiger charge is 2.03. The van der Waals surface area contributed by atoms with Crippen molar-refractivity contribution in [3.05, 3.63) is 5.69 Å². The van der Waals surface area contributed by atoms with Crippen molar-refractivity contribution in [3.63, 3.8) is 0 Å². The van der Waals surface area contributed by atoms with Crippen LogP contribution in [0.1, 0.15) is 19.5 Å². The first-order chi connectivity index (χ1) is 5.70. The molecule has 0 spiro atoms. The van der Waals surface area contributed by atoms with E-state index in [1.54, 1.807) is 0 Å². The van der Waals surface area contributed by atoms with Crippen LogP contribution in [-0.4, -0.2) is 16.2 Å². The Morgan fingerprint density at radius 2 is 2.33 bits per heavy atom. The molecule has 12 heavy (non-hydrogen) atoms. The van der Waals surface area contributed by atoms with Gasteiger partial charge in [0, 0.05) is 18.1 Å². The normalized spacial score (nSPS) is 10.9. The summed E-state index contributed by atoms with van der Waals surface area (Å²) in [6.45, 7) is 5.41. The molecule has 0 bridgehead atoms. The molecule has 0 aliphatic carbocycles. The molecule has 4 nitrogen and oxygen atoms in total. The van der Waals surface area contributed by atoms with E-state index in [1.807, 2.05) is 0 Å². The molecule has 5 heteroatoms. The second-order valence-corrected chi connectivity index (χ2v) is 3.78. The summed E-state index contributed by atoms with van der Waals surface area (Å²) in [5, 5.41) is 4.48. The van der Waals surface area contributed by atoms with Gasteiger partial charge >= 0.3 is 0 Å². The summed E-state index contributed by atoms with van der Waals surface area (Å²) >= 11 is 1.20. The Kier molecular flexibility index (Phi) is 3.43. The fraction of sp³-hybridized carbons (Fsp3) is 0.714. The quantitative estimate of drug-likeness (QED) is 0.771. The summed E-state index contributed by atoms with van der Waals surface area (Å²) in [5.41, 5.74) is 6.32. The molecule has 0 aliphatic rings. The van der Waals surface area contributed by atoms with Gasteiger partial charge in [-0.1, -0.05) is 18.3 Å². The van der Waals surface area contributed by atoms with Crippen molar-refractivity contribution < 1.29 is 4.74 Å². The van der Waals surface area contributed by atoms with E-state index in [-0.39, 0.29) is 0 Å². The number of anilines is 1. The first-order valence-corrected chi connectivity index (χ1v) is 4.62. The van der Waals surface area contributed by atoms with Gasteiger partial charge in [0.25, 0.3) is 0 Å². The Bertz CT molecular complexity index is 236. The van der Waals surface area contributed by atoms with Crippen LogP contribution >= 0.6 is 11.5 Å². The third-order valence-electron chi connectivity index (χ3n) is 1.28. The zero-order chi connectivity index (χ0) is 8.97. The third kappa shape index (κ3) is 2.75. The predicted octanol–water partition coefficient (Wildman–Crippen LogP) is 1.29. The molecule has 0 saturated heterocycles. The number of nitrogens with zero attached hydrogens (tertiary/aromatic N) is 2. The Balaban J connectivity index is 2.29. The molecule has 0 atom stereocenters. The Morgan fingerprint density at radius 3 is 2.83 bits per heavy atom. The van der Waals surface area contributed by atoms with Crippen LogP contribution in [0, 0.1) is 5.92 Å². The number of nitrogens with two attached hydrogens (primary N) is 1. The van der Waals surface area contributed by atoms with Crippen molar-refractivity contribution in [1.82, 2.24) is 9.59 Å². The van der Waals surface area contributed by atoms with E-state index in [1.165, 1.54) is 11.5 Å². The van der Waals surface area contributed by atoms with Gasteiger partial charge in [-0.2, -0.15) is 0 Å². The maximum absolute atomic E-state index is 5.57. The summed E-state index contributed by atoms with van der Waals surface area (Å²) in [4.78, 5) is 0. The monoisotopic (exact) mass is 187 g/mol. The summed E-state index contributed by atoms with van der Waals surface area (Å²) in [6.07, 6.45) is 0. The molecular weight excluding hydrogens is 174 g/mol. The SMILES string of the molecule is CC(C)COCc1nnsc1N. The van der Waals surface area contributed by atoms with Crippen molar-refractivity contribution in [2.75, 3.05) is 12.3 Å². The average molecular weight is 187 g/mol. The highest BCUT2D eigenvalue weighted by molar-refractivity contribution is 7.09. The predicted molar refractivity (Wildman–Crippen MR) is 48.8 cm³/mol. The molecule has 0 fully saturated rings. The number of hydrogen-bond donors (Lipinski definition) is 1.